The second-order valence-corrected chi connectivity index (χ2v) is 5.36. The molecular formula is C15H6Cl2N2O. The van der Waals surface area contributed by atoms with Gasteiger partial charge in [0.25, 0.3) is 0 Å². The monoisotopic (exact) mass is 300 g/mol. The van der Waals surface area contributed by atoms with E-state index in [2.05, 4.69) is 9.97 Å². The number of hydrogen-bond acceptors (Lipinski definition) is 3. The Morgan fingerprint density at radius 2 is 1.35 bits per heavy atom. The van der Waals surface area contributed by atoms with Gasteiger partial charge in [0.05, 0.1) is 21.1 Å². The quantitative estimate of drug-likeness (QED) is 0.490. The molecule has 4 rings (SSSR count). The van der Waals surface area contributed by atoms with Crippen LogP contribution in [-0.4, -0.2) is 15.8 Å². The second-order valence-electron chi connectivity index (χ2n) is 4.55. The smallest absolute Gasteiger partial charge is 0.214 e. The van der Waals surface area contributed by atoms with Crippen molar-refractivity contribution < 1.29 is 4.79 Å². The summed E-state index contributed by atoms with van der Waals surface area (Å²) in [4.78, 5) is 21.2. The Kier molecular flexibility index (Phi) is 2.37. The van der Waals surface area contributed by atoms with Crippen LogP contribution in [0.4, 0.5) is 0 Å². The molecule has 20 heavy (non-hydrogen) atoms. The third-order valence-corrected chi connectivity index (χ3v) is 4.07. The highest BCUT2D eigenvalue weighted by Crippen LogP contribution is 2.36. The van der Waals surface area contributed by atoms with Crippen molar-refractivity contribution in [2.75, 3.05) is 0 Å². The van der Waals surface area contributed by atoms with E-state index in [0.29, 0.717) is 38.0 Å². The van der Waals surface area contributed by atoms with E-state index in [1.807, 2.05) is 18.2 Å². The molecule has 0 fully saturated rings. The standard InChI is InChI=1S/C15H6Cl2N2O/c16-9-5-11-12(6-10(9)17)19-14-13(18-11)7-3-1-2-4-8(7)15(14)20/h1-6H. The number of fused-ring (bicyclic) bond motifs is 4. The fraction of sp³-hybridized carbons (Fsp3) is 0. The number of rotatable bonds is 0. The van der Waals surface area contributed by atoms with Crippen molar-refractivity contribution in [1.82, 2.24) is 9.97 Å². The van der Waals surface area contributed by atoms with Gasteiger partial charge in [-0.1, -0.05) is 47.5 Å². The lowest BCUT2D eigenvalue weighted by Crippen LogP contribution is -2.00. The Labute approximate surface area is 124 Å². The first kappa shape index (κ1) is 11.8. The molecule has 0 radical (unpaired) electrons. The van der Waals surface area contributed by atoms with E-state index in [0.717, 1.165) is 5.56 Å². The van der Waals surface area contributed by atoms with E-state index in [-0.39, 0.29) is 5.78 Å². The zero-order valence-corrected chi connectivity index (χ0v) is 11.5. The van der Waals surface area contributed by atoms with E-state index in [1.54, 1.807) is 18.2 Å². The highest BCUT2D eigenvalue weighted by atomic mass is 35.5. The Hall–Kier alpha value is -1.97. The largest absolute Gasteiger partial charge is 0.287 e. The summed E-state index contributed by atoms with van der Waals surface area (Å²) >= 11 is 12.0. The zero-order valence-electron chi connectivity index (χ0n) is 10.0. The molecule has 5 heteroatoms. The summed E-state index contributed by atoms with van der Waals surface area (Å²) in [5, 5.41) is 0.822. The van der Waals surface area contributed by atoms with Crippen molar-refractivity contribution in [1.29, 1.82) is 0 Å². The van der Waals surface area contributed by atoms with Crippen LogP contribution in [-0.2, 0) is 0 Å². The first-order valence-corrected chi connectivity index (χ1v) is 6.71. The van der Waals surface area contributed by atoms with E-state index in [4.69, 9.17) is 23.2 Å². The fourth-order valence-electron chi connectivity index (χ4n) is 2.41. The molecule has 0 amide bonds. The summed E-state index contributed by atoms with van der Waals surface area (Å²) in [7, 11) is 0. The number of hydrogen-bond donors (Lipinski definition) is 0. The van der Waals surface area contributed by atoms with Gasteiger partial charge in [0.2, 0.25) is 5.78 Å². The second kappa shape index (κ2) is 4.01. The minimum absolute atomic E-state index is 0.101. The summed E-state index contributed by atoms with van der Waals surface area (Å²) in [5.74, 6) is -0.101. The van der Waals surface area contributed by atoms with Gasteiger partial charge >= 0.3 is 0 Å². The lowest BCUT2D eigenvalue weighted by atomic mass is 10.1. The first-order chi connectivity index (χ1) is 9.65. The Balaban J connectivity index is 2.10. The molecule has 0 bridgehead atoms. The van der Waals surface area contributed by atoms with Gasteiger partial charge in [0.1, 0.15) is 11.4 Å². The average Bonchev–Trinajstić information content (AvgIpc) is 2.72. The summed E-state index contributed by atoms with van der Waals surface area (Å²) < 4.78 is 0. The van der Waals surface area contributed by atoms with E-state index in [9.17, 15) is 4.79 Å². The molecule has 0 saturated carbocycles. The van der Waals surface area contributed by atoms with Crippen LogP contribution >= 0.6 is 23.2 Å². The zero-order chi connectivity index (χ0) is 13.9. The van der Waals surface area contributed by atoms with Gasteiger partial charge in [-0.15, -0.1) is 0 Å². The maximum Gasteiger partial charge on any atom is 0.214 e. The van der Waals surface area contributed by atoms with Crippen LogP contribution in [0.3, 0.4) is 0 Å². The minimum Gasteiger partial charge on any atom is -0.287 e. The topological polar surface area (TPSA) is 42.9 Å². The van der Waals surface area contributed by atoms with Gasteiger partial charge in [-0.25, -0.2) is 9.97 Å². The van der Waals surface area contributed by atoms with Crippen LogP contribution in [0.15, 0.2) is 36.4 Å². The molecule has 1 aromatic heterocycles. The molecule has 0 aliphatic heterocycles. The highest BCUT2D eigenvalue weighted by molar-refractivity contribution is 6.42. The number of ketones is 1. The maximum atomic E-state index is 12.3. The van der Waals surface area contributed by atoms with Gasteiger partial charge < -0.3 is 0 Å². The molecule has 1 heterocycles. The lowest BCUT2D eigenvalue weighted by molar-refractivity contribution is 0.103. The molecule has 2 aromatic carbocycles. The molecule has 3 nitrogen and oxygen atoms in total. The van der Waals surface area contributed by atoms with Crippen molar-refractivity contribution in [2.24, 2.45) is 0 Å². The SMILES string of the molecule is O=C1c2ccccc2-c2nc3cc(Cl)c(Cl)cc3nc21. The molecule has 1 aliphatic carbocycles. The molecule has 0 spiro atoms. The molecule has 0 unspecified atom stereocenters. The van der Waals surface area contributed by atoms with Gasteiger partial charge in [0, 0.05) is 11.1 Å². The van der Waals surface area contributed by atoms with Crippen molar-refractivity contribution in [3.05, 3.63) is 57.7 Å². The molecule has 1 aliphatic rings. The molecule has 96 valence electrons. The van der Waals surface area contributed by atoms with Crippen molar-refractivity contribution in [2.45, 2.75) is 0 Å². The van der Waals surface area contributed by atoms with Crippen LogP contribution in [0.5, 0.6) is 0 Å². The lowest BCUT2D eigenvalue weighted by Gasteiger charge is -2.03. The first-order valence-electron chi connectivity index (χ1n) is 5.96. The Morgan fingerprint density at radius 1 is 0.800 bits per heavy atom. The number of carbonyl (C=O) groups excluding carboxylic acids is 1. The molecule has 0 N–H and O–H groups in total. The predicted octanol–water partition coefficient (Wildman–Crippen LogP) is 4.15. The van der Waals surface area contributed by atoms with Crippen LogP contribution in [0.1, 0.15) is 16.1 Å². The highest BCUT2D eigenvalue weighted by Gasteiger charge is 2.29. The minimum atomic E-state index is -0.101. The van der Waals surface area contributed by atoms with Gasteiger partial charge in [0.15, 0.2) is 0 Å². The van der Waals surface area contributed by atoms with Gasteiger partial charge in [-0.05, 0) is 12.1 Å². The third kappa shape index (κ3) is 1.51. The van der Waals surface area contributed by atoms with Crippen molar-refractivity contribution in [3.63, 3.8) is 0 Å². The average molecular weight is 301 g/mol. The summed E-state index contributed by atoms with van der Waals surface area (Å²) in [6.07, 6.45) is 0. The van der Waals surface area contributed by atoms with E-state index in [1.165, 1.54) is 0 Å². The third-order valence-electron chi connectivity index (χ3n) is 3.35. The molecule has 3 aromatic rings. The molecule has 0 atom stereocenters. The van der Waals surface area contributed by atoms with Gasteiger partial charge in [-0.3, -0.25) is 4.79 Å². The van der Waals surface area contributed by atoms with Crippen LogP contribution in [0.25, 0.3) is 22.3 Å². The number of aromatic nitrogens is 2. The fourth-order valence-corrected chi connectivity index (χ4v) is 2.73. The van der Waals surface area contributed by atoms with Crippen LogP contribution in [0.2, 0.25) is 10.0 Å². The number of carbonyl (C=O) groups is 1. The summed E-state index contributed by atoms with van der Waals surface area (Å²) in [6, 6.07) is 10.7. The summed E-state index contributed by atoms with van der Waals surface area (Å²) in [6.45, 7) is 0. The molecule has 0 saturated heterocycles. The Bertz CT molecular complexity index is 906. The number of nitrogens with zero attached hydrogens (tertiary/aromatic N) is 2. The summed E-state index contributed by atoms with van der Waals surface area (Å²) in [5.41, 5.74) is 3.62. The Morgan fingerprint density at radius 3 is 2.00 bits per heavy atom. The van der Waals surface area contributed by atoms with Crippen molar-refractivity contribution in [3.8, 4) is 11.3 Å². The van der Waals surface area contributed by atoms with Crippen LogP contribution < -0.4 is 0 Å². The predicted molar refractivity (Wildman–Crippen MR) is 78.4 cm³/mol. The van der Waals surface area contributed by atoms with Crippen molar-refractivity contribution >= 4 is 40.0 Å². The number of halogens is 2. The van der Waals surface area contributed by atoms with Gasteiger partial charge in [-0.2, -0.15) is 0 Å². The van der Waals surface area contributed by atoms with E-state index < -0.39 is 0 Å². The molecular weight excluding hydrogens is 295 g/mol. The van der Waals surface area contributed by atoms with Crippen LogP contribution in [0, 0.1) is 0 Å². The number of benzene rings is 2. The maximum absolute atomic E-state index is 12.3. The normalized spacial score (nSPS) is 12.6. The van der Waals surface area contributed by atoms with E-state index >= 15 is 0 Å².